The number of rotatable bonds is 5. The van der Waals surface area contributed by atoms with Gasteiger partial charge in [0.15, 0.2) is 0 Å². The highest BCUT2D eigenvalue weighted by molar-refractivity contribution is 5.24. The Labute approximate surface area is 116 Å². The lowest BCUT2D eigenvalue weighted by Gasteiger charge is -1.95. The molecular formula is C17H35N. The van der Waals surface area contributed by atoms with E-state index >= 15 is 0 Å². The topological polar surface area (TPSA) is 26.0 Å². The van der Waals surface area contributed by atoms with Gasteiger partial charge in [-0.25, -0.2) is 0 Å². The van der Waals surface area contributed by atoms with Gasteiger partial charge in [-0.2, -0.15) is 0 Å². The zero-order valence-corrected chi connectivity index (χ0v) is 13.7. The van der Waals surface area contributed by atoms with Crippen LogP contribution in [0.4, 0.5) is 0 Å². The Morgan fingerprint density at radius 2 is 1.56 bits per heavy atom. The van der Waals surface area contributed by atoms with Crippen LogP contribution in [0.15, 0.2) is 48.6 Å². The molecule has 2 N–H and O–H groups in total. The van der Waals surface area contributed by atoms with Crippen LogP contribution in [0.3, 0.4) is 0 Å². The molecule has 0 aliphatic rings. The monoisotopic (exact) mass is 253 g/mol. The van der Waals surface area contributed by atoms with E-state index in [2.05, 4.69) is 37.5 Å². The molecule has 0 saturated carbocycles. The molecule has 0 aromatic heterocycles. The summed E-state index contributed by atoms with van der Waals surface area (Å²) in [5.41, 5.74) is 5.87. The summed E-state index contributed by atoms with van der Waals surface area (Å²) in [5.74, 6) is 0. The second-order valence-corrected chi connectivity index (χ2v) is 2.61. The van der Waals surface area contributed by atoms with E-state index in [9.17, 15) is 0 Å². The van der Waals surface area contributed by atoms with Crippen molar-refractivity contribution in [3.8, 4) is 0 Å². The van der Waals surface area contributed by atoms with Crippen molar-refractivity contribution in [2.75, 3.05) is 7.05 Å². The van der Waals surface area contributed by atoms with Crippen molar-refractivity contribution in [2.45, 2.75) is 54.4 Å². The smallest absolute Gasteiger partial charge is 0.0195 e. The van der Waals surface area contributed by atoms with Gasteiger partial charge in [-0.05, 0) is 26.0 Å². The summed E-state index contributed by atoms with van der Waals surface area (Å²) in [6.07, 6.45) is 14.4. The highest BCUT2D eigenvalue weighted by Gasteiger charge is 1.86. The van der Waals surface area contributed by atoms with E-state index < -0.39 is 0 Å². The van der Waals surface area contributed by atoms with Gasteiger partial charge in [-0.3, -0.25) is 0 Å². The van der Waals surface area contributed by atoms with Crippen LogP contribution in [0.2, 0.25) is 0 Å². The molecule has 0 bridgehead atoms. The molecule has 0 aromatic carbocycles. The maximum Gasteiger partial charge on any atom is -0.0195 e. The fraction of sp³-hybridized carbons (Fsp3) is 0.529. The summed E-state index contributed by atoms with van der Waals surface area (Å²) in [5, 5.41) is 0. The van der Waals surface area contributed by atoms with Crippen LogP contribution in [0.25, 0.3) is 0 Å². The van der Waals surface area contributed by atoms with E-state index in [0.717, 1.165) is 6.42 Å². The second-order valence-electron chi connectivity index (χ2n) is 2.61. The van der Waals surface area contributed by atoms with E-state index in [1.54, 1.807) is 6.08 Å². The summed E-state index contributed by atoms with van der Waals surface area (Å²) in [6.45, 7) is 15.8. The van der Waals surface area contributed by atoms with Crippen molar-refractivity contribution < 1.29 is 0 Å². The van der Waals surface area contributed by atoms with Crippen molar-refractivity contribution in [1.82, 2.24) is 0 Å². The maximum atomic E-state index is 4.50. The Morgan fingerprint density at radius 3 is 1.89 bits per heavy atom. The molecule has 0 heterocycles. The third kappa shape index (κ3) is 29.4. The van der Waals surface area contributed by atoms with Crippen molar-refractivity contribution in [3.05, 3.63) is 48.6 Å². The van der Waals surface area contributed by atoms with Gasteiger partial charge < -0.3 is 5.73 Å². The predicted molar refractivity (Wildman–Crippen MR) is 89.9 cm³/mol. The van der Waals surface area contributed by atoms with Crippen LogP contribution in [-0.2, 0) is 0 Å². The summed E-state index contributed by atoms with van der Waals surface area (Å²) in [4.78, 5) is 0. The Balaban J connectivity index is -0.000000141. The zero-order valence-electron chi connectivity index (χ0n) is 13.7. The first-order valence-corrected chi connectivity index (χ1v) is 7.03. The summed E-state index contributed by atoms with van der Waals surface area (Å²) >= 11 is 0. The number of allylic oxidation sites excluding steroid dienone is 7. The van der Waals surface area contributed by atoms with Crippen molar-refractivity contribution in [3.63, 3.8) is 0 Å². The molecule has 0 saturated heterocycles. The molecular weight excluding hydrogens is 218 g/mol. The molecule has 0 unspecified atom stereocenters. The van der Waals surface area contributed by atoms with Gasteiger partial charge in [0, 0.05) is 0 Å². The van der Waals surface area contributed by atoms with Gasteiger partial charge in [-0.1, -0.05) is 84.1 Å². The molecule has 0 rings (SSSR count). The fourth-order valence-electron chi connectivity index (χ4n) is 0.983. The van der Waals surface area contributed by atoms with Gasteiger partial charge in [0.25, 0.3) is 0 Å². The molecule has 0 spiro atoms. The minimum atomic E-state index is 1.14. The third-order valence-corrected chi connectivity index (χ3v) is 1.48. The van der Waals surface area contributed by atoms with Crippen LogP contribution in [0.1, 0.15) is 54.4 Å². The van der Waals surface area contributed by atoms with Gasteiger partial charge >= 0.3 is 0 Å². The van der Waals surface area contributed by atoms with Gasteiger partial charge in [0.2, 0.25) is 0 Å². The summed E-state index contributed by atoms with van der Waals surface area (Å²) < 4.78 is 0. The fourth-order valence-corrected chi connectivity index (χ4v) is 0.983. The van der Waals surface area contributed by atoms with Crippen LogP contribution in [0, 0.1) is 0 Å². The minimum Gasteiger partial charge on any atom is -0.333 e. The van der Waals surface area contributed by atoms with E-state index in [0.29, 0.717) is 0 Å². The molecule has 108 valence electrons. The van der Waals surface area contributed by atoms with Crippen LogP contribution < -0.4 is 5.73 Å². The molecule has 18 heavy (non-hydrogen) atoms. The molecule has 1 heteroatoms. The normalized spacial score (nSPS) is 9.67. The molecule has 0 aliphatic carbocycles. The molecule has 0 aliphatic heterocycles. The number of hydrogen-bond donors (Lipinski definition) is 1. The summed E-state index contributed by atoms with van der Waals surface area (Å²) in [6, 6.07) is 0. The Morgan fingerprint density at radius 1 is 1.06 bits per heavy atom. The average molecular weight is 253 g/mol. The molecule has 1 nitrogen and oxygen atoms in total. The predicted octanol–water partition coefficient (Wildman–Crippen LogP) is 5.66. The van der Waals surface area contributed by atoms with E-state index in [1.807, 2.05) is 46.8 Å². The Hall–Kier alpha value is -1.08. The molecule has 0 fully saturated rings. The third-order valence-electron chi connectivity index (χ3n) is 1.48. The number of nitrogens with two attached hydrogens (primary N) is 1. The van der Waals surface area contributed by atoms with E-state index in [-0.39, 0.29) is 0 Å². The van der Waals surface area contributed by atoms with Crippen LogP contribution in [0.5, 0.6) is 0 Å². The standard InChI is InChI=1S/C12H18.2C2H6.CH5N/c1-4-7-8-11-12(9-5-2)10-6-3;3*1-2/h4-5,7-9,11H,1,6,10H2,2-3H3;2*1-2H3;2H2,1H3/b8-7+,9-5+,12-11-;;;. The lowest BCUT2D eigenvalue weighted by Crippen LogP contribution is -1.75. The van der Waals surface area contributed by atoms with Gasteiger partial charge in [0.1, 0.15) is 0 Å². The largest absolute Gasteiger partial charge is 0.333 e. The zero-order chi connectivity index (χ0) is 15.2. The molecule has 0 atom stereocenters. The Kier molecular flexibility index (Phi) is 51.4. The SMILES string of the molecule is C=C/C=C/C=C(/C=C/C)CCC.CC.CC.CN. The second kappa shape index (κ2) is 36.0. The van der Waals surface area contributed by atoms with E-state index in [1.165, 1.54) is 19.0 Å². The highest BCUT2D eigenvalue weighted by Crippen LogP contribution is 2.06. The lowest BCUT2D eigenvalue weighted by atomic mass is 10.1. The minimum absolute atomic E-state index is 1.14. The molecule has 0 aromatic rings. The first-order chi connectivity index (χ1) is 8.85. The average Bonchev–Trinajstić information content (AvgIpc) is 2.46. The highest BCUT2D eigenvalue weighted by atomic mass is 14.4. The van der Waals surface area contributed by atoms with E-state index in [4.69, 9.17) is 0 Å². The van der Waals surface area contributed by atoms with Crippen molar-refractivity contribution >= 4 is 0 Å². The van der Waals surface area contributed by atoms with Gasteiger partial charge in [-0.15, -0.1) is 0 Å². The quantitative estimate of drug-likeness (QED) is 0.629. The molecule has 0 radical (unpaired) electrons. The Bertz CT molecular complexity index is 198. The first-order valence-electron chi connectivity index (χ1n) is 7.03. The van der Waals surface area contributed by atoms with Crippen molar-refractivity contribution in [2.24, 2.45) is 5.73 Å². The maximum absolute atomic E-state index is 4.50. The number of hydrogen-bond acceptors (Lipinski definition) is 1. The first kappa shape index (κ1) is 25.7. The van der Waals surface area contributed by atoms with Crippen LogP contribution >= 0.6 is 0 Å². The molecule has 0 amide bonds. The van der Waals surface area contributed by atoms with Crippen molar-refractivity contribution in [1.29, 1.82) is 0 Å². The summed E-state index contributed by atoms with van der Waals surface area (Å²) in [7, 11) is 1.50. The lowest BCUT2D eigenvalue weighted by molar-refractivity contribution is 0.926. The van der Waals surface area contributed by atoms with Gasteiger partial charge in [0.05, 0.1) is 0 Å². The van der Waals surface area contributed by atoms with Crippen LogP contribution in [-0.4, -0.2) is 7.05 Å².